The van der Waals surface area contributed by atoms with Gasteiger partial charge >= 0.3 is 0 Å². The van der Waals surface area contributed by atoms with Crippen LogP contribution in [-0.4, -0.2) is 24.2 Å². The number of nitrogens with zero attached hydrogens (tertiary/aromatic N) is 1. The number of pyridine rings is 1. The summed E-state index contributed by atoms with van der Waals surface area (Å²) in [6.07, 6.45) is 4.23. The van der Waals surface area contributed by atoms with Crippen LogP contribution in [0.5, 0.6) is 0 Å². The van der Waals surface area contributed by atoms with Gasteiger partial charge in [-0.2, -0.15) is 0 Å². The van der Waals surface area contributed by atoms with Crippen LogP contribution in [0.25, 0.3) is 0 Å². The van der Waals surface area contributed by atoms with Crippen LogP contribution < -0.4 is 11.1 Å². The Hall–Kier alpha value is -1.29. The van der Waals surface area contributed by atoms with Crippen LogP contribution in [0.2, 0.25) is 0 Å². The number of nitrogens with one attached hydrogen (secondary N) is 1. The van der Waals surface area contributed by atoms with Gasteiger partial charge in [0.2, 0.25) is 0 Å². The average molecular weight is 207 g/mol. The van der Waals surface area contributed by atoms with E-state index in [1.54, 1.807) is 13.3 Å². The lowest BCUT2D eigenvalue weighted by Crippen LogP contribution is -2.40. The molecule has 1 aromatic rings. The molecule has 1 aliphatic carbocycles. The van der Waals surface area contributed by atoms with E-state index in [2.05, 4.69) is 10.3 Å². The van der Waals surface area contributed by atoms with E-state index in [9.17, 15) is 0 Å². The molecular weight excluding hydrogens is 190 g/mol. The van der Waals surface area contributed by atoms with Gasteiger partial charge in [0.15, 0.2) is 0 Å². The Labute approximate surface area is 89.8 Å². The number of hydrogen-bond acceptors (Lipinski definition) is 4. The summed E-state index contributed by atoms with van der Waals surface area (Å²) in [6.45, 7) is 1.99. The summed E-state index contributed by atoms with van der Waals surface area (Å²) in [4.78, 5) is 4.23. The van der Waals surface area contributed by atoms with E-state index in [1.807, 2.05) is 13.0 Å². The lowest BCUT2D eigenvalue weighted by molar-refractivity contribution is 0.0328. The molecule has 2 rings (SSSR count). The highest BCUT2D eigenvalue weighted by molar-refractivity contribution is 5.51. The first-order valence-electron chi connectivity index (χ1n) is 5.20. The number of methoxy groups -OCH3 is 1. The second-order valence-corrected chi connectivity index (χ2v) is 4.10. The van der Waals surface area contributed by atoms with Crippen molar-refractivity contribution in [2.24, 2.45) is 0 Å². The fourth-order valence-corrected chi connectivity index (χ4v) is 1.73. The largest absolute Gasteiger partial charge is 0.397 e. The first kappa shape index (κ1) is 10.2. The molecule has 82 valence electrons. The van der Waals surface area contributed by atoms with Gasteiger partial charge in [0, 0.05) is 13.2 Å². The topological polar surface area (TPSA) is 60.2 Å². The molecule has 4 nitrogen and oxygen atoms in total. The van der Waals surface area contributed by atoms with Gasteiger partial charge in [-0.05, 0) is 31.4 Å². The Kier molecular flexibility index (Phi) is 2.77. The molecule has 0 spiro atoms. The Balaban J connectivity index is 1.92. The second kappa shape index (κ2) is 4.06. The highest BCUT2D eigenvalue weighted by atomic mass is 16.5. The van der Waals surface area contributed by atoms with Crippen LogP contribution in [0.4, 0.5) is 11.5 Å². The van der Waals surface area contributed by atoms with Gasteiger partial charge in [0.25, 0.3) is 0 Å². The first-order valence-corrected chi connectivity index (χ1v) is 5.20. The fourth-order valence-electron chi connectivity index (χ4n) is 1.73. The molecule has 1 heterocycles. The van der Waals surface area contributed by atoms with Crippen molar-refractivity contribution in [3.8, 4) is 0 Å². The number of anilines is 2. The van der Waals surface area contributed by atoms with E-state index in [-0.39, 0.29) is 0 Å². The molecule has 3 N–H and O–H groups in total. The number of hydrogen-bond donors (Lipinski definition) is 2. The minimum Gasteiger partial charge on any atom is -0.397 e. The van der Waals surface area contributed by atoms with E-state index in [1.165, 1.54) is 0 Å². The molecule has 0 amide bonds. The molecule has 0 aromatic carbocycles. The SMILES string of the molecule is COC1CC(Nc2cc(C)c(N)cn2)C1. The third kappa shape index (κ3) is 2.21. The van der Waals surface area contributed by atoms with Crippen LogP contribution >= 0.6 is 0 Å². The third-order valence-corrected chi connectivity index (χ3v) is 2.93. The molecule has 0 aliphatic heterocycles. The number of nitrogen functional groups attached to an aromatic ring is 1. The summed E-state index contributed by atoms with van der Waals surface area (Å²) in [7, 11) is 1.76. The van der Waals surface area contributed by atoms with Crippen molar-refractivity contribution in [2.75, 3.05) is 18.2 Å². The molecule has 1 fully saturated rings. The lowest BCUT2D eigenvalue weighted by Gasteiger charge is -2.34. The molecular formula is C11H17N3O. The van der Waals surface area contributed by atoms with E-state index >= 15 is 0 Å². The second-order valence-electron chi connectivity index (χ2n) is 4.10. The van der Waals surface area contributed by atoms with Crippen molar-refractivity contribution >= 4 is 11.5 Å². The maximum Gasteiger partial charge on any atom is 0.126 e. The number of rotatable bonds is 3. The minimum absolute atomic E-state index is 0.414. The summed E-state index contributed by atoms with van der Waals surface area (Å²) in [5, 5.41) is 3.36. The first-order chi connectivity index (χ1) is 7.19. The van der Waals surface area contributed by atoms with Crippen molar-refractivity contribution in [1.29, 1.82) is 0 Å². The molecule has 0 unspecified atom stereocenters. The summed E-state index contributed by atoms with van der Waals surface area (Å²) < 4.78 is 5.22. The summed E-state index contributed by atoms with van der Waals surface area (Å²) in [5.41, 5.74) is 7.50. The highest BCUT2D eigenvalue weighted by Crippen LogP contribution is 2.26. The molecule has 0 bridgehead atoms. The molecule has 1 saturated carbocycles. The van der Waals surface area contributed by atoms with Crippen LogP contribution in [0.15, 0.2) is 12.3 Å². The van der Waals surface area contributed by atoms with Crippen molar-refractivity contribution in [2.45, 2.75) is 31.9 Å². The zero-order valence-electron chi connectivity index (χ0n) is 9.16. The van der Waals surface area contributed by atoms with Crippen LogP contribution in [-0.2, 0) is 4.74 Å². The van der Waals surface area contributed by atoms with Gasteiger partial charge in [-0.15, -0.1) is 0 Å². The highest BCUT2D eigenvalue weighted by Gasteiger charge is 2.28. The average Bonchev–Trinajstić information content (AvgIpc) is 2.16. The van der Waals surface area contributed by atoms with Gasteiger partial charge in [0.1, 0.15) is 5.82 Å². The Morgan fingerprint density at radius 2 is 2.27 bits per heavy atom. The van der Waals surface area contributed by atoms with Crippen LogP contribution in [0.1, 0.15) is 18.4 Å². The molecule has 15 heavy (non-hydrogen) atoms. The Bertz CT molecular complexity index is 348. The molecule has 0 saturated heterocycles. The molecule has 0 atom stereocenters. The summed E-state index contributed by atoms with van der Waals surface area (Å²) >= 11 is 0. The molecule has 1 aromatic heterocycles. The lowest BCUT2D eigenvalue weighted by atomic mass is 9.89. The molecule has 1 aliphatic rings. The minimum atomic E-state index is 0.414. The predicted molar refractivity (Wildman–Crippen MR) is 60.8 cm³/mol. The smallest absolute Gasteiger partial charge is 0.126 e. The third-order valence-electron chi connectivity index (χ3n) is 2.93. The number of ether oxygens (including phenoxy) is 1. The van der Waals surface area contributed by atoms with Crippen molar-refractivity contribution in [3.63, 3.8) is 0 Å². The fraction of sp³-hybridized carbons (Fsp3) is 0.545. The maximum atomic E-state index is 5.70. The van der Waals surface area contributed by atoms with Crippen LogP contribution in [0, 0.1) is 6.92 Å². The summed E-state index contributed by atoms with van der Waals surface area (Å²) in [5.74, 6) is 0.904. The van der Waals surface area contributed by atoms with E-state index in [0.717, 1.165) is 29.9 Å². The molecule has 4 heteroatoms. The maximum absolute atomic E-state index is 5.70. The number of nitrogens with two attached hydrogens (primary N) is 1. The normalized spacial score (nSPS) is 24.7. The van der Waals surface area contributed by atoms with E-state index in [0.29, 0.717) is 12.1 Å². The van der Waals surface area contributed by atoms with Gasteiger partial charge in [-0.1, -0.05) is 0 Å². The van der Waals surface area contributed by atoms with Gasteiger partial charge in [0.05, 0.1) is 18.0 Å². The van der Waals surface area contributed by atoms with Gasteiger partial charge in [-0.25, -0.2) is 4.98 Å². The summed E-state index contributed by atoms with van der Waals surface area (Å²) in [6, 6.07) is 2.47. The standard InChI is InChI=1S/C11H17N3O/c1-7-3-11(13-6-10(7)12)14-8-4-9(5-8)15-2/h3,6,8-9H,4-5,12H2,1-2H3,(H,13,14). The quantitative estimate of drug-likeness (QED) is 0.789. The number of aryl methyl sites for hydroxylation is 1. The van der Waals surface area contributed by atoms with E-state index < -0.39 is 0 Å². The zero-order valence-corrected chi connectivity index (χ0v) is 9.16. The predicted octanol–water partition coefficient (Wildman–Crippen LogP) is 1.56. The van der Waals surface area contributed by atoms with Gasteiger partial charge < -0.3 is 15.8 Å². The van der Waals surface area contributed by atoms with E-state index in [4.69, 9.17) is 10.5 Å². The van der Waals surface area contributed by atoms with Crippen LogP contribution in [0.3, 0.4) is 0 Å². The van der Waals surface area contributed by atoms with Crippen molar-refractivity contribution in [1.82, 2.24) is 4.98 Å². The monoisotopic (exact) mass is 207 g/mol. The molecule has 0 radical (unpaired) electrons. The van der Waals surface area contributed by atoms with Crippen molar-refractivity contribution < 1.29 is 4.74 Å². The van der Waals surface area contributed by atoms with Gasteiger partial charge in [-0.3, -0.25) is 0 Å². The zero-order chi connectivity index (χ0) is 10.8. The van der Waals surface area contributed by atoms with Crippen molar-refractivity contribution in [3.05, 3.63) is 17.8 Å². The number of aromatic nitrogens is 1. The Morgan fingerprint density at radius 1 is 1.53 bits per heavy atom. The Morgan fingerprint density at radius 3 is 2.87 bits per heavy atom.